The maximum Gasteiger partial charge on any atom is 0.230 e. The predicted molar refractivity (Wildman–Crippen MR) is 103 cm³/mol. The van der Waals surface area contributed by atoms with Crippen molar-refractivity contribution in [1.29, 1.82) is 0 Å². The molecule has 142 valence electrons. The third-order valence-corrected chi connectivity index (χ3v) is 5.29. The fourth-order valence-corrected chi connectivity index (χ4v) is 3.76. The number of benzene rings is 1. The maximum atomic E-state index is 12.1. The summed E-state index contributed by atoms with van der Waals surface area (Å²) in [5, 5.41) is 14.7. The first-order valence-electron chi connectivity index (χ1n) is 7.87. The van der Waals surface area contributed by atoms with Gasteiger partial charge in [0.15, 0.2) is 15.8 Å². The van der Waals surface area contributed by atoms with Gasteiger partial charge in [0.2, 0.25) is 16.8 Å². The van der Waals surface area contributed by atoms with Crippen molar-refractivity contribution in [2.24, 2.45) is 0 Å². The molecule has 1 aromatic heterocycles. The molecule has 0 aliphatic rings. The third-order valence-electron chi connectivity index (χ3n) is 3.28. The topological polar surface area (TPSA) is 94.6 Å². The highest BCUT2D eigenvalue weighted by Crippen LogP contribution is 2.38. The lowest BCUT2D eigenvalue weighted by Crippen LogP contribution is -2.24. The zero-order valence-electron chi connectivity index (χ0n) is 15.1. The highest BCUT2D eigenvalue weighted by Gasteiger charge is 2.14. The summed E-state index contributed by atoms with van der Waals surface area (Å²) in [7, 11) is 4.66. The molecule has 0 saturated carbocycles. The molecule has 0 fully saturated rings. The highest BCUT2D eigenvalue weighted by molar-refractivity contribution is 8.01. The summed E-state index contributed by atoms with van der Waals surface area (Å²) < 4.78 is 16.7. The van der Waals surface area contributed by atoms with E-state index in [1.165, 1.54) is 23.1 Å². The van der Waals surface area contributed by atoms with Crippen molar-refractivity contribution in [2.45, 2.75) is 17.8 Å². The van der Waals surface area contributed by atoms with Gasteiger partial charge in [-0.2, -0.15) is 0 Å². The molecule has 0 aliphatic heterocycles. The summed E-state index contributed by atoms with van der Waals surface area (Å²) in [6, 6.07) is 3.62. The Morgan fingerprint density at radius 2 is 1.85 bits per heavy atom. The van der Waals surface area contributed by atoms with Crippen LogP contribution < -0.4 is 24.8 Å². The second-order valence-corrected chi connectivity index (χ2v) is 7.20. The summed E-state index contributed by atoms with van der Waals surface area (Å²) in [6.07, 6.45) is 0. The molecule has 1 aromatic carbocycles. The Kier molecular flexibility index (Phi) is 7.79. The average Bonchev–Trinajstić information content (AvgIpc) is 3.11. The van der Waals surface area contributed by atoms with Gasteiger partial charge in [0.1, 0.15) is 0 Å². The number of ether oxygens (including phenoxy) is 3. The minimum atomic E-state index is -0.0936. The molecule has 2 rings (SSSR count). The number of rotatable bonds is 10. The van der Waals surface area contributed by atoms with E-state index in [1.807, 2.05) is 19.1 Å². The van der Waals surface area contributed by atoms with E-state index in [1.54, 1.807) is 21.3 Å². The Morgan fingerprint density at radius 1 is 1.15 bits per heavy atom. The van der Waals surface area contributed by atoms with Gasteiger partial charge in [-0.15, -0.1) is 10.2 Å². The minimum Gasteiger partial charge on any atom is -0.493 e. The number of carbonyl (C=O) groups excluding carboxylic acids is 1. The third kappa shape index (κ3) is 5.40. The summed E-state index contributed by atoms with van der Waals surface area (Å²) in [6.45, 7) is 3.13. The fraction of sp³-hybridized carbons (Fsp3) is 0.438. The van der Waals surface area contributed by atoms with Crippen LogP contribution in [0.2, 0.25) is 0 Å². The number of amides is 1. The van der Waals surface area contributed by atoms with Crippen molar-refractivity contribution in [3.05, 3.63) is 17.7 Å². The van der Waals surface area contributed by atoms with E-state index >= 15 is 0 Å². The number of thioether (sulfide) groups is 1. The number of nitrogens with one attached hydrogen (secondary N) is 2. The van der Waals surface area contributed by atoms with Gasteiger partial charge in [-0.3, -0.25) is 4.79 Å². The van der Waals surface area contributed by atoms with E-state index in [2.05, 4.69) is 20.8 Å². The molecule has 0 aliphatic carbocycles. The lowest BCUT2D eigenvalue weighted by molar-refractivity contribution is -0.118. The Hall–Kier alpha value is -2.20. The van der Waals surface area contributed by atoms with E-state index in [9.17, 15) is 4.79 Å². The van der Waals surface area contributed by atoms with Gasteiger partial charge in [-0.1, -0.05) is 23.1 Å². The van der Waals surface area contributed by atoms with Gasteiger partial charge in [0, 0.05) is 13.1 Å². The molecular formula is C16H22N4O4S2. The second kappa shape index (κ2) is 10.1. The summed E-state index contributed by atoms with van der Waals surface area (Å²) in [4.78, 5) is 12.1. The predicted octanol–water partition coefficient (Wildman–Crippen LogP) is 2.40. The molecule has 1 amide bonds. The van der Waals surface area contributed by atoms with E-state index in [4.69, 9.17) is 14.2 Å². The van der Waals surface area contributed by atoms with Crippen molar-refractivity contribution in [3.8, 4) is 17.2 Å². The molecule has 8 nitrogen and oxygen atoms in total. The van der Waals surface area contributed by atoms with Crippen LogP contribution in [0.25, 0.3) is 0 Å². The molecule has 2 N–H and O–H groups in total. The van der Waals surface area contributed by atoms with Crippen molar-refractivity contribution >= 4 is 34.1 Å². The van der Waals surface area contributed by atoms with Crippen molar-refractivity contribution in [2.75, 3.05) is 38.9 Å². The molecule has 0 radical (unpaired) electrons. The number of carbonyl (C=O) groups is 1. The first kappa shape index (κ1) is 20.1. The lowest BCUT2D eigenvalue weighted by atomic mass is 10.2. The lowest BCUT2D eigenvalue weighted by Gasteiger charge is -2.14. The largest absolute Gasteiger partial charge is 0.493 e. The van der Waals surface area contributed by atoms with Crippen molar-refractivity contribution in [3.63, 3.8) is 0 Å². The van der Waals surface area contributed by atoms with Crippen molar-refractivity contribution < 1.29 is 19.0 Å². The van der Waals surface area contributed by atoms with E-state index < -0.39 is 0 Å². The molecule has 0 unspecified atom stereocenters. The molecule has 0 bridgehead atoms. The van der Waals surface area contributed by atoms with Gasteiger partial charge in [-0.25, -0.2) is 0 Å². The van der Waals surface area contributed by atoms with E-state index in [-0.39, 0.29) is 11.7 Å². The number of nitrogens with zero attached hydrogens (tertiary/aromatic N) is 2. The number of methoxy groups -OCH3 is 3. The molecule has 10 heteroatoms. The molecule has 0 spiro atoms. The standard InChI is InChI=1S/C16H22N4O4S2/c1-5-17-15-19-20-16(26-15)25-9-13(21)18-8-10-6-11(22-2)14(24-4)12(7-10)23-3/h6-7H,5,8-9H2,1-4H3,(H,17,19)(H,18,21). The van der Waals surface area contributed by atoms with Crippen LogP contribution >= 0.6 is 23.1 Å². The van der Waals surface area contributed by atoms with Gasteiger partial charge in [0.25, 0.3) is 0 Å². The maximum absolute atomic E-state index is 12.1. The van der Waals surface area contributed by atoms with Crippen LogP contribution in [-0.4, -0.2) is 49.7 Å². The van der Waals surface area contributed by atoms with Crippen LogP contribution in [0.15, 0.2) is 16.5 Å². The monoisotopic (exact) mass is 398 g/mol. The number of hydrogen-bond donors (Lipinski definition) is 2. The summed E-state index contributed by atoms with van der Waals surface area (Å²) >= 11 is 2.79. The molecule has 0 saturated heterocycles. The quantitative estimate of drug-likeness (QED) is 0.589. The van der Waals surface area contributed by atoms with Gasteiger partial charge >= 0.3 is 0 Å². The molecule has 26 heavy (non-hydrogen) atoms. The van der Waals surface area contributed by atoms with Crippen LogP contribution in [0.3, 0.4) is 0 Å². The minimum absolute atomic E-state index is 0.0936. The highest BCUT2D eigenvalue weighted by atomic mass is 32.2. The zero-order valence-corrected chi connectivity index (χ0v) is 16.8. The Balaban J connectivity index is 1.90. The Bertz CT molecular complexity index is 714. The SMILES string of the molecule is CCNc1nnc(SCC(=O)NCc2cc(OC)c(OC)c(OC)c2)s1. The van der Waals surface area contributed by atoms with Crippen LogP contribution in [0, 0.1) is 0 Å². The molecule has 2 aromatic rings. The molecule has 1 heterocycles. The van der Waals surface area contributed by atoms with Crippen LogP contribution in [0.5, 0.6) is 17.2 Å². The van der Waals surface area contributed by atoms with Gasteiger partial charge < -0.3 is 24.8 Å². The smallest absolute Gasteiger partial charge is 0.230 e. The van der Waals surface area contributed by atoms with Crippen LogP contribution in [0.4, 0.5) is 5.13 Å². The average molecular weight is 399 g/mol. The fourth-order valence-electron chi connectivity index (χ4n) is 2.11. The summed E-state index contributed by atoms with van der Waals surface area (Å²) in [5.41, 5.74) is 0.850. The second-order valence-electron chi connectivity index (χ2n) is 5.00. The van der Waals surface area contributed by atoms with E-state index in [0.717, 1.165) is 21.6 Å². The summed E-state index contributed by atoms with van der Waals surface area (Å²) in [5.74, 6) is 1.80. The normalized spacial score (nSPS) is 10.3. The first-order chi connectivity index (χ1) is 12.6. The Morgan fingerprint density at radius 3 is 2.42 bits per heavy atom. The number of hydrogen-bond acceptors (Lipinski definition) is 9. The van der Waals surface area contributed by atoms with Gasteiger partial charge in [0.05, 0.1) is 27.1 Å². The van der Waals surface area contributed by atoms with Crippen molar-refractivity contribution in [1.82, 2.24) is 15.5 Å². The van der Waals surface area contributed by atoms with E-state index in [0.29, 0.717) is 23.8 Å². The van der Waals surface area contributed by atoms with Crippen LogP contribution in [0.1, 0.15) is 12.5 Å². The number of aromatic nitrogens is 2. The van der Waals surface area contributed by atoms with Gasteiger partial charge in [-0.05, 0) is 24.6 Å². The number of anilines is 1. The zero-order chi connectivity index (χ0) is 18.9. The Labute approximate surface area is 160 Å². The molecule has 0 atom stereocenters. The van der Waals surface area contributed by atoms with Crippen LogP contribution in [-0.2, 0) is 11.3 Å². The molecular weight excluding hydrogens is 376 g/mol. The first-order valence-corrected chi connectivity index (χ1v) is 9.67.